The van der Waals surface area contributed by atoms with Crippen LogP contribution < -0.4 is 5.32 Å². The van der Waals surface area contributed by atoms with Crippen LogP contribution >= 0.6 is 11.6 Å². The zero-order valence-electron chi connectivity index (χ0n) is 10.7. The number of halogens is 1. The van der Waals surface area contributed by atoms with Crippen LogP contribution in [0.2, 0.25) is 0 Å². The van der Waals surface area contributed by atoms with Gasteiger partial charge in [0.05, 0.1) is 5.56 Å². The second-order valence-corrected chi connectivity index (χ2v) is 5.70. The highest BCUT2D eigenvalue weighted by Gasteiger charge is 2.20. The summed E-state index contributed by atoms with van der Waals surface area (Å²) in [4.78, 5) is 16.0. The number of aromatic nitrogens is 1. The van der Waals surface area contributed by atoms with E-state index in [-0.39, 0.29) is 5.91 Å². The van der Waals surface area contributed by atoms with Crippen molar-refractivity contribution in [3.8, 4) is 0 Å². The van der Waals surface area contributed by atoms with Crippen molar-refractivity contribution in [2.24, 2.45) is 5.92 Å². The number of hydrogen-bond acceptors (Lipinski definition) is 2. The molecule has 0 aliphatic heterocycles. The molecule has 1 fully saturated rings. The zero-order valence-corrected chi connectivity index (χ0v) is 11.4. The SMILES string of the molecule is Cc1cncc(C(=O)NCC2CCC(Cl)CC2)c1. The van der Waals surface area contributed by atoms with Crippen LogP contribution in [0.15, 0.2) is 18.5 Å². The van der Waals surface area contributed by atoms with Crippen LogP contribution in [-0.4, -0.2) is 22.8 Å². The van der Waals surface area contributed by atoms with Gasteiger partial charge in [0, 0.05) is 24.3 Å². The smallest absolute Gasteiger partial charge is 0.252 e. The molecular weight excluding hydrogens is 248 g/mol. The Bertz CT molecular complexity index is 414. The van der Waals surface area contributed by atoms with E-state index in [1.807, 2.05) is 13.0 Å². The van der Waals surface area contributed by atoms with E-state index in [2.05, 4.69) is 10.3 Å². The van der Waals surface area contributed by atoms with E-state index in [1.54, 1.807) is 12.4 Å². The number of carbonyl (C=O) groups is 1. The van der Waals surface area contributed by atoms with Crippen LogP contribution in [0.4, 0.5) is 0 Å². The fourth-order valence-electron chi connectivity index (χ4n) is 2.34. The quantitative estimate of drug-likeness (QED) is 0.855. The van der Waals surface area contributed by atoms with Gasteiger partial charge >= 0.3 is 0 Å². The van der Waals surface area contributed by atoms with Gasteiger partial charge in [-0.25, -0.2) is 0 Å². The van der Waals surface area contributed by atoms with Gasteiger partial charge in [0.15, 0.2) is 0 Å². The molecule has 0 radical (unpaired) electrons. The second kappa shape index (κ2) is 6.19. The van der Waals surface area contributed by atoms with E-state index in [0.29, 0.717) is 16.9 Å². The van der Waals surface area contributed by atoms with Gasteiger partial charge in [-0.3, -0.25) is 9.78 Å². The van der Waals surface area contributed by atoms with Crippen LogP contribution in [0.3, 0.4) is 0 Å². The van der Waals surface area contributed by atoms with Gasteiger partial charge in [-0.05, 0) is 50.2 Å². The number of pyridine rings is 1. The minimum absolute atomic E-state index is 0.0285. The first-order chi connectivity index (χ1) is 8.65. The van der Waals surface area contributed by atoms with Gasteiger partial charge in [-0.1, -0.05) is 0 Å². The maximum Gasteiger partial charge on any atom is 0.252 e. The van der Waals surface area contributed by atoms with Gasteiger partial charge in [0.2, 0.25) is 0 Å². The number of amides is 1. The lowest BCUT2D eigenvalue weighted by Crippen LogP contribution is -2.31. The molecule has 1 saturated carbocycles. The standard InChI is InChI=1S/C14H19ClN2O/c1-10-6-12(9-16-7-10)14(18)17-8-11-2-4-13(15)5-3-11/h6-7,9,11,13H,2-5,8H2,1H3,(H,17,18). The van der Waals surface area contributed by atoms with Crippen molar-refractivity contribution in [1.82, 2.24) is 10.3 Å². The van der Waals surface area contributed by atoms with Crippen molar-refractivity contribution in [1.29, 1.82) is 0 Å². The Balaban J connectivity index is 1.81. The molecule has 1 heterocycles. The summed E-state index contributed by atoms with van der Waals surface area (Å²) in [6.45, 7) is 2.68. The van der Waals surface area contributed by atoms with Gasteiger partial charge in [-0.2, -0.15) is 0 Å². The number of nitrogens with one attached hydrogen (secondary N) is 1. The number of alkyl halides is 1. The van der Waals surface area contributed by atoms with Gasteiger partial charge in [-0.15, -0.1) is 11.6 Å². The first-order valence-corrected chi connectivity index (χ1v) is 6.92. The molecular formula is C14H19ClN2O. The summed E-state index contributed by atoms with van der Waals surface area (Å²) in [5.41, 5.74) is 1.64. The van der Waals surface area contributed by atoms with Crippen molar-refractivity contribution in [2.75, 3.05) is 6.54 Å². The van der Waals surface area contributed by atoms with Crippen molar-refractivity contribution in [3.63, 3.8) is 0 Å². The number of carbonyl (C=O) groups excluding carboxylic acids is 1. The lowest BCUT2D eigenvalue weighted by Gasteiger charge is -2.25. The average molecular weight is 267 g/mol. The predicted octanol–water partition coefficient (Wildman–Crippen LogP) is 2.92. The van der Waals surface area contributed by atoms with Crippen LogP contribution in [0, 0.1) is 12.8 Å². The summed E-state index contributed by atoms with van der Waals surface area (Å²) < 4.78 is 0. The molecule has 1 aliphatic carbocycles. The van der Waals surface area contributed by atoms with E-state index in [1.165, 1.54) is 0 Å². The van der Waals surface area contributed by atoms with Crippen molar-refractivity contribution in [2.45, 2.75) is 38.0 Å². The molecule has 1 aromatic heterocycles. The monoisotopic (exact) mass is 266 g/mol. The summed E-state index contributed by atoms with van der Waals surface area (Å²) in [6.07, 6.45) is 7.71. The maximum absolute atomic E-state index is 11.9. The summed E-state index contributed by atoms with van der Waals surface area (Å²) in [5.74, 6) is 0.543. The molecule has 1 amide bonds. The van der Waals surface area contributed by atoms with Crippen molar-refractivity contribution >= 4 is 17.5 Å². The molecule has 0 bridgehead atoms. The van der Waals surface area contributed by atoms with E-state index in [9.17, 15) is 4.79 Å². The number of rotatable bonds is 3. The normalized spacial score (nSPS) is 23.7. The zero-order chi connectivity index (χ0) is 13.0. The molecule has 1 aromatic rings. The summed E-state index contributed by atoms with van der Waals surface area (Å²) >= 11 is 6.06. The molecule has 98 valence electrons. The Morgan fingerprint density at radius 2 is 2.11 bits per heavy atom. The highest BCUT2D eigenvalue weighted by molar-refractivity contribution is 6.20. The fraction of sp³-hybridized carbons (Fsp3) is 0.571. The predicted molar refractivity (Wildman–Crippen MR) is 72.9 cm³/mol. The highest BCUT2D eigenvalue weighted by atomic mass is 35.5. The van der Waals surface area contributed by atoms with Crippen LogP contribution in [0.5, 0.6) is 0 Å². The Hall–Kier alpha value is -1.09. The minimum Gasteiger partial charge on any atom is -0.352 e. The molecule has 0 spiro atoms. The topological polar surface area (TPSA) is 42.0 Å². The molecule has 4 heteroatoms. The summed E-state index contributed by atoms with van der Waals surface area (Å²) in [6, 6.07) is 1.86. The number of hydrogen-bond donors (Lipinski definition) is 1. The molecule has 0 aromatic carbocycles. The van der Waals surface area contributed by atoms with Crippen LogP contribution in [0.1, 0.15) is 41.6 Å². The second-order valence-electron chi connectivity index (χ2n) is 5.08. The molecule has 0 unspecified atom stereocenters. The van der Waals surface area contributed by atoms with Crippen molar-refractivity contribution < 1.29 is 4.79 Å². The summed E-state index contributed by atoms with van der Waals surface area (Å²) in [7, 11) is 0. The Morgan fingerprint density at radius 3 is 2.78 bits per heavy atom. The molecule has 1 N–H and O–H groups in total. The third kappa shape index (κ3) is 3.70. The molecule has 3 nitrogen and oxygen atoms in total. The van der Waals surface area contributed by atoms with Crippen LogP contribution in [0.25, 0.3) is 0 Å². The first-order valence-electron chi connectivity index (χ1n) is 6.49. The minimum atomic E-state index is -0.0285. The Kier molecular flexibility index (Phi) is 4.59. The molecule has 0 atom stereocenters. The molecule has 1 aliphatic rings. The Morgan fingerprint density at radius 1 is 1.39 bits per heavy atom. The third-order valence-corrected chi connectivity index (χ3v) is 3.90. The third-order valence-electron chi connectivity index (χ3n) is 3.46. The maximum atomic E-state index is 11.9. The summed E-state index contributed by atoms with van der Waals surface area (Å²) in [5, 5.41) is 3.32. The van der Waals surface area contributed by atoms with Gasteiger partial charge in [0.1, 0.15) is 0 Å². The first kappa shape index (κ1) is 13.3. The van der Waals surface area contributed by atoms with E-state index in [4.69, 9.17) is 11.6 Å². The molecule has 18 heavy (non-hydrogen) atoms. The van der Waals surface area contributed by atoms with Crippen molar-refractivity contribution in [3.05, 3.63) is 29.6 Å². The number of aryl methyl sites for hydroxylation is 1. The van der Waals surface area contributed by atoms with E-state index >= 15 is 0 Å². The average Bonchev–Trinajstić information content (AvgIpc) is 2.38. The lowest BCUT2D eigenvalue weighted by molar-refractivity contribution is 0.0943. The van der Waals surface area contributed by atoms with Crippen LogP contribution in [-0.2, 0) is 0 Å². The van der Waals surface area contributed by atoms with E-state index in [0.717, 1.165) is 37.8 Å². The molecule has 2 rings (SSSR count). The fourth-order valence-corrected chi connectivity index (χ4v) is 2.60. The Labute approximate surface area is 113 Å². The lowest BCUT2D eigenvalue weighted by atomic mass is 9.89. The van der Waals surface area contributed by atoms with Gasteiger partial charge < -0.3 is 5.32 Å². The van der Waals surface area contributed by atoms with E-state index < -0.39 is 0 Å². The van der Waals surface area contributed by atoms with Gasteiger partial charge in [0.25, 0.3) is 5.91 Å². The highest BCUT2D eigenvalue weighted by Crippen LogP contribution is 2.26. The largest absolute Gasteiger partial charge is 0.352 e. The number of nitrogens with zero attached hydrogens (tertiary/aromatic N) is 1. The molecule has 0 saturated heterocycles.